The number of benzene rings is 3. The van der Waals surface area contributed by atoms with Crippen LogP contribution in [0.4, 0.5) is 13.2 Å². The number of hydrogen-bond acceptors (Lipinski definition) is 2. The van der Waals surface area contributed by atoms with Gasteiger partial charge in [0.2, 0.25) is 0 Å². The quantitative estimate of drug-likeness (QED) is 0.320. The van der Waals surface area contributed by atoms with Crippen LogP contribution in [0, 0.1) is 0 Å². The Hall–Kier alpha value is -3.93. The molecule has 0 aliphatic carbocycles. The molecule has 3 aromatic carbocycles. The fraction of sp³-hybridized carbons (Fsp3) is 0.0400. The zero-order valence-corrected chi connectivity index (χ0v) is 16.1. The monoisotopic (exact) mass is 416 g/mol. The van der Waals surface area contributed by atoms with Crippen LogP contribution in [0.1, 0.15) is 5.56 Å². The van der Waals surface area contributed by atoms with Crippen LogP contribution < -0.4 is 5.56 Å². The second kappa shape index (κ2) is 7.09. The molecular weight excluding hydrogens is 401 g/mol. The lowest BCUT2D eigenvalue weighted by molar-refractivity contribution is -0.137. The highest BCUT2D eigenvalue weighted by atomic mass is 19.4. The lowest BCUT2D eigenvalue weighted by Gasteiger charge is -2.15. The summed E-state index contributed by atoms with van der Waals surface area (Å²) in [7, 11) is 0. The summed E-state index contributed by atoms with van der Waals surface area (Å²) in [6.45, 7) is 0. The molecule has 5 rings (SSSR count). The number of rotatable bonds is 2. The molecule has 0 aliphatic heterocycles. The first-order valence-electron chi connectivity index (χ1n) is 9.59. The van der Waals surface area contributed by atoms with Crippen LogP contribution in [0.15, 0.2) is 95.9 Å². The molecule has 5 aromatic rings. The Morgan fingerprint density at radius 3 is 2.35 bits per heavy atom. The van der Waals surface area contributed by atoms with Crippen molar-refractivity contribution in [2.45, 2.75) is 6.18 Å². The minimum atomic E-state index is -4.51. The van der Waals surface area contributed by atoms with E-state index in [4.69, 9.17) is 0 Å². The molecule has 6 heteroatoms. The van der Waals surface area contributed by atoms with Crippen molar-refractivity contribution in [3.05, 3.63) is 107 Å². The highest BCUT2D eigenvalue weighted by Crippen LogP contribution is 2.32. The predicted molar refractivity (Wildman–Crippen MR) is 115 cm³/mol. The van der Waals surface area contributed by atoms with Crippen LogP contribution in [0.5, 0.6) is 0 Å². The first-order valence-corrected chi connectivity index (χ1v) is 9.59. The molecule has 2 heterocycles. The number of fused-ring (bicyclic) bond motifs is 3. The fourth-order valence-electron chi connectivity index (χ4n) is 3.80. The normalized spacial score (nSPS) is 11.8. The maximum absolute atomic E-state index is 13.3. The first kappa shape index (κ1) is 19.1. The number of alkyl halides is 3. The molecule has 0 radical (unpaired) electrons. The average molecular weight is 416 g/mol. The summed E-state index contributed by atoms with van der Waals surface area (Å²) in [4.78, 5) is 17.3. The van der Waals surface area contributed by atoms with Gasteiger partial charge in [-0.2, -0.15) is 13.2 Å². The fourth-order valence-corrected chi connectivity index (χ4v) is 3.80. The van der Waals surface area contributed by atoms with Crippen molar-refractivity contribution in [1.29, 1.82) is 0 Å². The van der Waals surface area contributed by atoms with Gasteiger partial charge in [-0.3, -0.25) is 14.3 Å². The molecule has 0 saturated carbocycles. The first-order chi connectivity index (χ1) is 14.9. The highest BCUT2D eigenvalue weighted by molar-refractivity contribution is 6.05. The van der Waals surface area contributed by atoms with Crippen LogP contribution in [0.3, 0.4) is 0 Å². The molecule has 0 fully saturated rings. The minimum Gasteiger partial charge on any atom is -0.276 e. The molecule has 31 heavy (non-hydrogen) atoms. The molecule has 0 spiro atoms. The minimum absolute atomic E-state index is 0.156. The lowest BCUT2D eigenvalue weighted by atomic mass is 10.0. The summed E-state index contributed by atoms with van der Waals surface area (Å²) in [5, 5.41) is 1.35. The Balaban J connectivity index is 1.86. The third-order valence-electron chi connectivity index (χ3n) is 5.26. The van der Waals surface area contributed by atoms with Gasteiger partial charge in [-0.25, -0.2) is 0 Å². The summed E-state index contributed by atoms with van der Waals surface area (Å²) in [6, 6.07) is 23.2. The van der Waals surface area contributed by atoms with E-state index in [-0.39, 0.29) is 5.69 Å². The van der Waals surface area contributed by atoms with Crippen LogP contribution in [0.2, 0.25) is 0 Å². The molecule has 152 valence electrons. The van der Waals surface area contributed by atoms with Gasteiger partial charge in [-0.05, 0) is 47.5 Å². The van der Waals surface area contributed by atoms with E-state index in [1.165, 1.54) is 22.8 Å². The van der Waals surface area contributed by atoms with E-state index in [1.54, 1.807) is 12.3 Å². The highest BCUT2D eigenvalue weighted by Gasteiger charge is 2.30. The predicted octanol–water partition coefficient (Wildman–Crippen LogP) is 6.22. The summed E-state index contributed by atoms with van der Waals surface area (Å²) >= 11 is 0. The maximum atomic E-state index is 13.3. The van der Waals surface area contributed by atoms with Gasteiger partial charge in [0.15, 0.2) is 0 Å². The molecular formula is C25H15F3N2O. The van der Waals surface area contributed by atoms with Crippen LogP contribution in [-0.2, 0) is 6.18 Å². The number of pyridine rings is 2. The van der Waals surface area contributed by atoms with E-state index in [0.29, 0.717) is 21.8 Å². The Morgan fingerprint density at radius 2 is 1.58 bits per heavy atom. The second-order valence-corrected chi connectivity index (χ2v) is 7.22. The molecule has 0 saturated heterocycles. The van der Waals surface area contributed by atoms with Gasteiger partial charge in [-0.15, -0.1) is 0 Å². The Labute approximate surface area is 175 Å². The van der Waals surface area contributed by atoms with Crippen molar-refractivity contribution >= 4 is 21.8 Å². The van der Waals surface area contributed by atoms with Crippen molar-refractivity contribution in [3.8, 4) is 16.8 Å². The van der Waals surface area contributed by atoms with Gasteiger partial charge in [0.25, 0.3) is 5.56 Å². The topological polar surface area (TPSA) is 34.9 Å². The van der Waals surface area contributed by atoms with Crippen molar-refractivity contribution in [2.24, 2.45) is 0 Å². The third kappa shape index (κ3) is 3.36. The molecule has 0 aliphatic rings. The number of aromatic nitrogens is 2. The zero-order valence-electron chi connectivity index (χ0n) is 16.1. The van der Waals surface area contributed by atoms with E-state index in [0.717, 1.165) is 23.3 Å². The van der Waals surface area contributed by atoms with Crippen molar-refractivity contribution in [3.63, 3.8) is 0 Å². The van der Waals surface area contributed by atoms with Crippen molar-refractivity contribution in [1.82, 2.24) is 9.55 Å². The van der Waals surface area contributed by atoms with Crippen molar-refractivity contribution in [2.75, 3.05) is 0 Å². The van der Waals surface area contributed by atoms with Gasteiger partial charge >= 0.3 is 6.18 Å². The molecule has 0 N–H and O–H groups in total. The summed E-state index contributed by atoms with van der Waals surface area (Å²) < 4.78 is 41.2. The van der Waals surface area contributed by atoms with Gasteiger partial charge in [0.05, 0.1) is 16.6 Å². The molecule has 0 unspecified atom stereocenters. The van der Waals surface area contributed by atoms with E-state index < -0.39 is 17.3 Å². The molecule has 2 aromatic heterocycles. The number of nitrogens with zero attached hydrogens (tertiary/aromatic N) is 2. The van der Waals surface area contributed by atoms with E-state index in [1.807, 2.05) is 48.5 Å². The number of halogens is 3. The smallest absolute Gasteiger partial charge is 0.276 e. The number of hydrogen-bond donors (Lipinski definition) is 0. The van der Waals surface area contributed by atoms with Gasteiger partial charge in [0.1, 0.15) is 0 Å². The molecule has 0 amide bonds. The second-order valence-electron chi connectivity index (χ2n) is 7.22. The van der Waals surface area contributed by atoms with Crippen molar-refractivity contribution < 1.29 is 13.2 Å². The molecule has 3 nitrogen and oxygen atoms in total. The molecule has 0 bridgehead atoms. The Kier molecular flexibility index (Phi) is 4.36. The van der Waals surface area contributed by atoms with Gasteiger partial charge in [-0.1, -0.05) is 42.5 Å². The summed E-state index contributed by atoms with van der Waals surface area (Å²) in [5.41, 5.74) is 2.03. The summed E-state index contributed by atoms with van der Waals surface area (Å²) in [5.74, 6) is 0. The SMILES string of the molecule is O=c1ccc2cnc3ccc(-c4ccccc4)cc3c2n1-c1cccc(C(F)(F)F)c1. The zero-order chi connectivity index (χ0) is 21.6. The lowest BCUT2D eigenvalue weighted by Crippen LogP contribution is -2.18. The average Bonchev–Trinajstić information content (AvgIpc) is 2.78. The third-order valence-corrected chi connectivity index (χ3v) is 5.26. The maximum Gasteiger partial charge on any atom is 0.416 e. The van der Waals surface area contributed by atoms with E-state index in [9.17, 15) is 18.0 Å². The van der Waals surface area contributed by atoms with Crippen LogP contribution in [-0.4, -0.2) is 9.55 Å². The largest absolute Gasteiger partial charge is 0.416 e. The van der Waals surface area contributed by atoms with Crippen LogP contribution in [0.25, 0.3) is 38.6 Å². The van der Waals surface area contributed by atoms with E-state index in [2.05, 4.69) is 4.98 Å². The summed E-state index contributed by atoms with van der Waals surface area (Å²) in [6.07, 6.45) is -2.88. The van der Waals surface area contributed by atoms with Gasteiger partial charge < -0.3 is 0 Å². The molecule has 0 atom stereocenters. The van der Waals surface area contributed by atoms with Gasteiger partial charge in [0, 0.05) is 28.7 Å². The standard InChI is InChI=1S/C25H15F3N2O/c26-25(27,28)19-7-4-8-20(14-19)30-23(31)12-10-18-15-29-22-11-9-17(13-21(22)24(18)30)16-5-2-1-3-6-16/h1-15H. The van der Waals surface area contributed by atoms with Crippen LogP contribution >= 0.6 is 0 Å². The Morgan fingerprint density at radius 1 is 0.774 bits per heavy atom. The van der Waals surface area contributed by atoms with E-state index >= 15 is 0 Å². The Bertz CT molecular complexity index is 1490.